The van der Waals surface area contributed by atoms with Gasteiger partial charge in [-0.15, -0.1) is 0 Å². The average molecular weight is 332 g/mol. The first-order chi connectivity index (χ1) is 11.4. The lowest BCUT2D eigenvalue weighted by molar-refractivity contribution is -0.121. The summed E-state index contributed by atoms with van der Waals surface area (Å²) in [5.41, 5.74) is 6.52. The molecule has 2 fully saturated rings. The number of hydrogen-bond acceptors (Lipinski definition) is 5. The van der Waals surface area contributed by atoms with Gasteiger partial charge in [-0.3, -0.25) is 19.9 Å². The van der Waals surface area contributed by atoms with Crippen molar-refractivity contribution in [1.29, 1.82) is 0 Å². The summed E-state index contributed by atoms with van der Waals surface area (Å²) in [4.78, 5) is 15.2. The van der Waals surface area contributed by atoms with Gasteiger partial charge in [-0.25, -0.2) is 0 Å². The Balaban J connectivity index is 1.76. The van der Waals surface area contributed by atoms with Gasteiger partial charge >= 0.3 is 0 Å². The van der Waals surface area contributed by atoms with E-state index < -0.39 is 12.3 Å². The fraction of sp³-hybridized carbons (Fsp3) is 0.611. The lowest BCUT2D eigenvalue weighted by Crippen LogP contribution is -2.54. The number of primary amides is 1. The topological polar surface area (TPSA) is 81.8 Å². The molecule has 0 radical (unpaired) electrons. The zero-order valence-electron chi connectivity index (χ0n) is 14.5. The lowest BCUT2D eigenvalue weighted by Gasteiger charge is -2.49. The summed E-state index contributed by atoms with van der Waals surface area (Å²) in [6.07, 6.45) is 3.13. The van der Waals surface area contributed by atoms with Crippen molar-refractivity contribution in [1.82, 2.24) is 15.1 Å². The molecule has 1 aliphatic carbocycles. The van der Waals surface area contributed by atoms with Crippen LogP contribution in [0.1, 0.15) is 31.2 Å². The molecule has 24 heavy (non-hydrogen) atoms. The zero-order valence-corrected chi connectivity index (χ0v) is 14.5. The van der Waals surface area contributed by atoms with Gasteiger partial charge in [0.25, 0.3) is 0 Å². The highest BCUT2D eigenvalue weighted by Crippen LogP contribution is 2.46. The standard InChI is InChI=1S/C18H28N4O2/c1-21(2)18(14-6-4-3-5-7-14)10-8-17(9-11-18)13-22(12-15(19)23)16(24)20-17/h3-7,16,20,24H,8-13H2,1-2H3,(H2,19,23)/t16?,17-,18+. The number of aliphatic hydroxyl groups excluding tert-OH is 1. The Morgan fingerprint density at radius 1 is 1.29 bits per heavy atom. The molecule has 2 aliphatic rings. The van der Waals surface area contributed by atoms with E-state index in [0.717, 1.165) is 25.7 Å². The Kier molecular flexibility index (Phi) is 4.66. The Bertz CT molecular complexity index is 582. The molecule has 1 amide bonds. The van der Waals surface area contributed by atoms with Crippen LogP contribution in [-0.4, -0.2) is 59.9 Å². The number of carbonyl (C=O) groups excluding carboxylic acids is 1. The maximum atomic E-state index is 11.2. The highest BCUT2D eigenvalue weighted by atomic mass is 16.3. The zero-order chi connectivity index (χ0) is 17.4. The van der Waals surface area contributed by atoms with Crippen LogP contribution in [0.15, 0.2) is 30.3 Å². The molecule has 1 aromatic rings. The van der Waals surface area contributed by atoms with Gasteiger partial charge in [0, 0.05) is 17.6 Å². The van der Waals surface area contributed by atoms with E-state index >= 15 is 0 Å². The highest BCUT2D eigenvalue weighted by Gasteiger charge is 2.50. The highest BCUT2D eigenvalue weighted by molar-refractivity contribution is 5.76. The number of rotatable bonds is 4. The van der Waals surface area contributed by atoms with Crippen LogP contribution >= 0.6 is 0 Å². The molecule has 6 heteroatoms. The van der Waals surface area contributed by atoms with Crippen LogP contribution < -0.4 is 11.1 Å². The summed E-state index contributed by atoms with van der Waals surface area (Å²) in [7, 11) is 4.28. The number of nitrogens with one attached hydrogen (secondary N) is 1. The average Bonchev–Trinajstić information content (AvgIpc) is 2.84. The van der Waals surface area contributed by atoms with E-state index in [1.165, 1.54) is 5.56 Å². The number of nitrogens with zero attached hydrogens (tertiary/aromatic N) is 2. The summed E-state index contributed by atoms with van der Waals surface area (Å²) < 4.78 is 0. The lowest BCUT2D eigenvalue weighted by atomic mass is 9.69. The predicted octanol–water partition coefficient (Wildman–Crippen LogP) is 0.423. The first-order valence-corrected chi connectivity index (χ1v) is 8.58. The Labute approximate surface area is 143 Å². The number of benzene rings is 1. The molecule has 1 unspecified atom stereocenters. The number of aliphatic hydroxyl groups is 1. The maximum absolute atomic E-state index is 11.2. The van der Waals surface area contributed by atoms with Gasteiger partial charge in [0.15, 0.2) is 6.35 Å². The van der Waals surface area contributed by atoms with Crippen LogP contribution in [0.3, 0.4) is 0 Å². The number of hydrogen-bond donors (Lipinski definition) is 3. The second kappa shape index (κ2) is 6.44. The molecule has 4 N–H and O–H groups in total. The minimum Gasteiger partial charge on any atom is -0.369 e. The molecule has 0 bridgehead atoms. The van der Waals surface area contributed by atoms with E-state index in [0.29, 0.717) is 6.54 Å². The van der Waals surface area contributed by atoms with E-state index in [-0.39, 0.29) is 17.6 Å². The van der Waals surface area contributed by atoms with Crippen molar-refractivity contribution in [2.75, 3.05) is 27.2 Å². The smallest absolute Gasteiger partial charge is 0.231 e. The molecule has 1 spiro atoms. The minimum atomic E-state index is -0.791. The van der Waals surface area contributed by atoms with E-state index in [4.69, 9.17) is 5.73 Å². The van der Waals surface area contributed by atoms with Crippen molar-refractivity contribution in [3.8, 4) is 0 Å². The van der Waals surface area contributed by atoms with Gasteiger partial charge in [-0.05, 0) is 45.3 Å². The van der Waals surface area contributed by atoms with Crippen molar-refractivity contribution >= 4 is 5.91 Å². The maximum Gasteiger partial charge on any atom is 0.231 e. The molecule has 6 nitrogen and oxygen atoms in total. The summed E-state index contributed by atoms with van der Waals surface area (Å²) in [6, 6.07) is 10.6. The third-order valence-electron chi connectivity index (χ3n) is 5.85. The molecule has 132 valence electrons. The summed E-state index contributed by atoms with van der Waals surface area (Å²) in [5.74, 6) is -0.407. The summed E-state index contributed by atoms with van der Waals surface area (Å²) in [5, 5.41) is 13.5. The van der Waals surface area contributed by atoms with Crippen LogP contribution in [0.25, 0.3) is 0 Å². The second-order valence-electron chi connectivity index (χ2n) is 7.46. The van der Waals surface area contributed by atoms with Gasteiger partial charge < -0.3 is 10.8 Å². The van der Waals surface area contributed by atoms with Gasteiger partial charge in [0.2, 0.25) is 5.91 Å². The Morgan fingerprint density at radius 3 is 2.46 bits per heavy atom. The largest absolute Gasteiger partial charge is 0.369 e. The van der Waals surface area contributed by atoms with Gasteiger partial charge in [0.05, 0.1) is 6.54 Å². The second-order valence-corrected chi connectivity index (χ2v) is 7.46. The fourth-order valence-corrected chi connectivity index (χ4v) is 4.42. The van der Waals surface area contributed by atoms with Crippen molar-refractivity contribution in [2.24, 2.45) is 5.73 Å². The first kappa shape index (κ1) is 17.4. The fourth-order valence-electron chi connectivity index (χ4n) is 4.42. The Morgan fingerprint density at radius 2 is 1.92 bits per heavy atom. The molecule has 1 saturated carbocycles. The van der Waals surface area contributed by atoms with Gasteiger partial charge in [0.1, 0.15) is 0 Å². The van der Waals surface area contributed by atoms with Crippen molar-refractivity contribution < 1.29 is 9.90 Å². The van der Waals surface area contributed by atoms with Crippen molar-refractivity contribution in [3.05, 3.63) is 35.9 Å². The number of nitrogens with two attached hydrogens (primary N) is 1. The van der Waals surface area contributed by atoms with Gasteiger partial charge in [-0.2, -0.15) is 0 Å². The molecular weight excluding hydrogens is 304 g/mol. The quantitative estimate of drug-likeness (QED) is 0.745. The van der Waals surface area contributed by atoms with Gasteiger partial charge in [-0.1, -0.05) is 30.3 Å². The van der Waals surface area contributed by atoms with Crippen LogP contribution in [0, 0.1) is 0 Å². The summed E-state index contributed by atoms with van der Waals surface area (Å²) in [6.45, 7) is 0.753. The molecule has 1 aliphatic heterocycles. The molecule has 1 atom stereocenters. The molecular formula is C18H28N4O2. The monoisotopic (exact) mass is 332 g/mol. The van der Waals surface area contributed by atoms with Crippen LogP contribution in [0.5, 0.6) is 0 Å². The van der Waals surface area contributed by atoms with E-state index in [9.17, 15) is 9.90 Å². The molecule has 0 aromatic heterocycles. The van der Waals surface area contributed by atoms with Crippen molar-refractivity contribution in [3.63, 3.8) is 0 Å². The molecule has 1 heterocycles. The predicted molar refractivity (Wildman–Crippen MR) is 92.9 cm³/mol. The van der Waals surface area contributed by atoms with Crippen LogP contribution in [0.4, 0.5) is 0 Å². The first-order valence-electron chi connectivity index (χ1n) is 8.58. The number of amides is 1. The third kappa shape index (κ3) is 3.07. The molecule has 3 rings (SSSR count). The SMILES string of the molecule is CN(C)[C@]1(c2ccccc2)CC[C@]2(CC1)CN(CC(N)=O)C(O)N2. The van der Waals surface area contributed by atoms with Crippen LogP contribution in [-0.2, 0) is 10.3 Å². The minimum absolute atomic E-state index is 0.0241. The third-order valence-corrected chi connectivity index (χ3v) is 5.85. The van der Waals surface area contributed by atoms with Crippen molar-refractivity contribution in [2.45, 2.75) is 43.1 Å². The normalized spacial score (nSPS) is 34.1. The Hall–Kier alpha value is -1.47. The summed E-state index contributed by atoms with van der Waals surface area (Å²) >= 11 is 0. The van der Waals surface area contributed by atoms with Crippen LogP contribution in [0.2, 0.25) is 0 Å². The molecule has 1 saturated heterocycles. The molecule has 1 aromatic carbocycles. The van der Waals surface area contributed by atoms with E-state index in [2.05, 4.69) is 48.6 Å². The number of carbonyl (C=O) groups is 1. The van der Waals surface area contributed by atoms with E-state index in [1.807, 2.05) is 6.07 Å². The van der Waals surface area contributed by atoms with E-state index in [1.54, 1.807) is 4.90 Å².